The van der Waals surface area contributed by atoms with Crippen molar-refractivity contribution >= 4 is 23.1 Å². The summed E-state index contributed by atoms with van der Waals surface area (Å²) in [5, 5.41) is 6.28. The summed E-state index contributed by atoms with van der Waals surface area (Å²) in [6.45, 7) is 5.62. The number of amides is 1. The third-order valence-corrected chi connectivity index (χ3v) is 4.76. The zero-order valence-electron chi connectivity index (χ0n) is 12.7. The minimum absolute atomic E-state index is 0.0325. The number of nitrogens with one attached hydrogen (secondary N) is 1. The van der Waals surface area contributed by atoms with E-state index in [2.05, 4.69) is 20.3 Å². The number of nitrogens with zero attached hydrogens (tertiary/aromatic N) is 4. The minimum Gasteiger partial charge on any atom is -0.360 e. The quantitative estimate of drug-likeness (QED) is 0.938. The van der Waals surface area contributed by atoms with Gasteiger partial charge in [0.1, 0.15) is 16.5 Å². The van der Waals surface area contributed by atoms with E-state index in [1.165, 1.54) is 6.20 Å². The van der Waals surface area contributed by atoms with Gasteiger partial charge >= 0.3 is 0 Å². The standard InChI is InChI=1S/C15H19N5OS/c1-10-9-22-14(17-10)11(2)18-13-8-16-7-12(19-13)15(21)20-5-3-4-6-20/h7-9,11H,3-6H2,1-2H3,(H,18,19). The molecule has 0 saturated carbocycles. The fourth-order valence-corrected chi connectivity index (χ4v) is 3.28. The molecule has 1 fully saturated rings. The van der Waals surface area contributed by atoms with E-state index in [1.807, 2.05) is 24.1 Å². The molecule has 6 nitrogen and oxygen atoms in total. The molecule has 0 bridgehead atoms. The number of carbonyl (C=O) groups is 1. The smallest absolute Gasteiger partial charge is 0.274 e. The molecular weight excluding hydrogens is 298 g/mol. The predicted octanol–water partition coefficient (Wildman–Crippen LogP) is 2.65. The van der Waals surface area contributed by atoms with Crippen molar-refractivity contribution in [2.75, 3.05) is 18.4 Å². The topological polar surface area (TPSA) is 71.0 Å². The van der Waals surface area contributed by atoms with Crippen molar-refractivity contribution < 1.29 is 4.79 Å². The number of aryl methyl sites for hydroxylation is 1. The number of hydrogen-bond acceptors (Lipinski definition) is 6. The molecule has 0 radical (unpaired) electrons. The third-order valence-electron chi connectivity index (χ3n) is 3.62. The van der Waals surface area contributed by atoms with Crippen molar-refractivity contribution in [3.8, 4) is 0 Å². The van der Waals surface area contributed by atoms with Crippen LogP contribution in [-0.4, -0.2) is 38.8 Å². The first-order valence-electron chi connectivity index (χ1n) is 7.43. The maximum Gasteiger partial charge on any atom is 0.274 e. The van der Waals surface area contributed by atoms with Gasteiger partial charge < -0.3 is 10.2 Å². The molecule has 1 saturated heterocycles. The van der Waals surface area contributed by atoms with Crippen molar-refractivity contribution in [1.29, 1.82) is 0 Å². The second-order valence-electron chi connectivity index (χ2n) is 5.48. The lowest BCUT2D eigenvalue weighted by Crippen LogP contribution is -2.28. The van der Waals surface area contributed by atoms with Gasteiger partial charge in [-0.15, -0.1) is 11.3 Å². The van der Waals surface area contributed by atoms with Crippen LogP contribution in [0.2, 0.25) is 0 Å². The number of likely N-dealkylation sites (tertiary alicyclic amines) is 1. The molecule has 7 heteroatoms. The molecule has 0 spiro atoms. The summed E-state index contributed by atoms with van der Waals surface area (Å²) in [5.41, 5.74) is 1.41. The molecule has 1 aliphatic heterocycles. The minimum atomic E-state index is -0.0357. The van der Waals surface area contributed by atoms with E-state index in [0.29, 0.717) is 11.5 Å². The van der Waals surface area contributed by atoms with Gasteiger partial charge in [-0.25, -0.2) is 9.97 Å². The fraction of sp³-hybridized carbons (Fsp3) is 0.467. The molecule has 22 heavy (non-hydrogen) atoms. The predicted molar refractivity (Wildman–Crippen MR) is 86.1 cm³/mol. The SMILES string of the molecule is Cc1csc(C(C)Nc2cncc(C(=O)N3CCCC3)n2)n1. The molecule has 1 unspecified atom stereocenters. The first kappa shape index (κ1) is 14.9. The van der Waals surface area contributed by atoms with Crippen LogP contribution in [0.25, 0.3) is 0 Å². The number of rotatable bonds is 4. The van der Waals surface area contributed by atoms with Gasteiger partial charge in [0.05, 0.1) is 18.4 Å². The Bertz CT molecular complexity index is 665. The van der Waals surface area contributed by atoms with E-state index in [0.717, 1.165) is 36.6 Å². The highest BCUT2D eigenvalue weighted by Gasteiger charge is 2.21. The zero-order valence-corrected chi connectivity index (χ0v) is 13.6. The third kappa shape index (κ3) is 3.24. The summed E-state index contributed by atoms with van der Waals surface area (Å²) in [7, 11) is 0. The fourth-order valence-electron chi connectivity index (χ4n) is 2.48. The monoisotopic (exact) mass is 317 g/mol. The maximum absolute atomic E-state index is 12.3. The van der Waals surface area contributed by atoms with Crippen LogP contribution >= 0.6 is 11.3 Å². The Morgan fingerprint density at radius 3 is 2.77 bits per heavy atom. The van der Waals surface area contributed by atoms with E-state index < -0.39 is 0 Å². The van der Waals surface area contributed by atoms with Crippen LogP contribution in [0, 0.1) is 6.92 Å². The normalized spacial score (nSPS) is 15.8. The van der Waals surface area contributed by atoms with Crippen LogP contribution < -0.4 is 5.32 Å². The average Bonchev–Trinajstić information content (AvgIpc) is 3.18. The molecule has 3 rings (SSSR count). The summed E-state index contributed by atoms with van der Waals surface area (Å²) in [4.78, 5) is 27.2. The summed E-state index contributed by atoms with van der Waals surface area (Å²) in [6.07, 6.45) is 5.30. The highest BCUT2D eigenvalue weighted by molar-refractivity contribution is 7.09. The maximum atomic E-state index is 12.3. The molecule has 0 aliphatic carbocycles. The highest BCUT2D eigenvalue weighted by Crippen LogP contribution is 2.21. The lowest BCUT2D eigenvalue weighted by molar-refractivity contribution is 0.0786. The van der Waals surface area contributed by atoms with E-state index in [-0.39, 0.29) is 11.9 Å². The van der Waals surface area contributed by atoms with Gasteiger partial charge in [-0.2, -0.15) is 0 Å². The van der Waals surface area contributed by atoms with Crippen molar-refractivity contribution in [3.63, 3.8) is 0 Å². The van der Waals surface area contributed by atoms with Gasteiger partial charge in [0.25, 0.3) is 5.91 Å². The average molecular weight is 317 g/mol. The molecular formula is C15H19N5OS. The number of anilines is 1. The van der Waals surface area contributed by atoms with Crippen molar-refractivity contribution in [2.45, 2.75) is 32.7 Å². The molecule has 1 aliphatic rings. The second-order valence-corrected chi connectivity index (χ2v) is 6.37. The molecule has 0 aromatic carbocycles. The van der Waals surface area contributed by atoms with Gasteiger partial charge in [-0.3, -0.25) is 9.78 Å². The van der Waals surface area contributed by atoms with Gasteiger partial charge in [0.15, 0.2) is 0 Å². The van der Waals surface area contributed by atoms with E-state index in [1.54, 1.807) is 17.5 Å². The summed E-state index contributed by atoms with van der Waals surface area (Å²) < 4.78 is 0. The van der Waals surface area contributed by atoms with Gasteiger partial charge in [-0.05, 0) is 26.7 Å². The Hall–Kier alpha value is -2.02. The van der Waals surface area contributed by atoms with Crippen molar-refractivity contribution in [2.24, 2.45) is 0 Å². The van der Waals surface area contributed by atoms with Crippen LogP contribution in [-0.2, 0) is 0 Å². The first-order valence-corrected chi connectivity index (χ1v) is 8.31. The van der Waals surface area contributed by atoms with Gasteiger partial charge in [0.2, 0.25) is 0 Å². The number of aromatic nitrogens is 3. The Labute approximate surface area is 133 Å². The summed E-state index contributed by atoms with van der Waals surface area (Å²) in [5.74, 6) is 0.566. The van der Waals surface area contributed by atoms with E-state index in [4.69, 9.17) is 0 Å². The van der Waals surface area contributed by atoms with Gasteiger partial charge in [0, 0.05) is 24.2 Å². The molecule has 1 amide bonds. The van der Waals surface area contributed by atoms with Gasteiger partial charge in [-0.1, -0.05) is 0 Å². The summed E-state index contributed by atoms with van der Waals surface area (Å²) >= 11 is 1.61. The van der Waals surface area contributed by atoms with Crippen molar-refractivity contribution in [1.82, 2.24) is 19.9 Å². The lowest BCUT2D eigenvalue weighted by atomic mass is 10.3. The molecule has 1 atom stereocenters. The number of thiazole rings is 1. The van der Waals surface area contributed by atoms with Crippen molar-refractivity contribution in [3.05, 3.63) is 34.2 Å². The Kier molecular flexibility index (Phi) is 4.33. The molecule has 2 aromatic rings. The lowest BCUT2D eigenvalue weighted by Gasteiger charge is -2.16. The Balaban J connectivity index is 1.72. The molecule has 2 aromatic heterocycles. The number of carbonyl (C=O) groups excluding carboxylic acids is 1. The first-order chi connectivity index (χ1) is 10.6. The molecule has 1 N–H and O–H groups in total. The van der Waals surface area contributed by atoms with Crippen LogP contribution in [0.4, 0.5) is 5.82 Å². The Morgan fingerprint density at radius 1 is 1.32 bits per heavy atom. The van der Waals surface area contributed by atoms with Crippen LogP contribution in [0.1, 0.15) is 47.0 Å². The van der Waals surface area contributed by atoms with Crippen LogP contribution in [0.15, 0.2) is 17.8 Å². The van der Waals surface area contributed by atoms with Crippen LogP contribution in [0.3, 0.4) is 0 Å². The van der Waals surface area contributed by atoms with E-state index in [9.17, 15) is 4.79 Å². The largest absolute Gasteiger partial charge is 0.360 e. The summed E-state index contributed by atoms with van der Waals surface area (Å²) in [6, 6.07) is 0.0325. The van der Waals surface area contributed by atoms with E-state index >= 15 is 0 Å². The molecule has 3 heterocycles. The van der Waals surface area contributed by atoms with Crippen LogP contribution in [0.5, 0.6) is 0 Å². The number of hydrogen-bond donors (Lipinski definition) is 1. The highest BCUT2D eigenvalue weighted by atomic mass is 32.1. The Morgan fingerprint density at radius 2 is 2.09 bits per heavy atom. The zero-order chi connectivity index (χ0) is 15.5. The second kappa shape index (κ2) is 6.39. The molecule has 116 valence electrons.